The van der Waals surface area contributed by atoms with Crippen LogP contribution in [0.5, 0.6) is 0 Å². The minimum Gasteiger partial charge on any atom is -0.380 e. The van der Waals surface area contributed by atoms with Crippen LogP contribution in [0.3, 0.4) is 0 Å². The summed E-state index contributed by atoms with van der Waals surface area (Å²) in [5.41, 5.74) is 1.11. The summed E-state index contributed by atoms with van der Waals surface area (Å²) in [6, 6.07) is 9.87. The summed E-state index contributed by atoms with van der Waals surface area (Å²) in [6.45, 7) is 5.13. The normalized spacial score (nSPS) is 10.3. The molecule has 4 nitrogen and oxygen atoms in total. The number of hydrogen-bond donors (Lipinski definition) is 2. The van der Waals surface area contributed by atoms with Crippen LogP contribution in [0.4, 0.5) is 0 Å². The fourth-order valence-corrected chi connectivity index (χ4v) is 1.45. The van der Waals surface area contributed by atoms with Crippen molar-refractivity contribution in [2.24, 2.45) is 0 Å². The van der Waals surface area contributed by atoms with E-state index >= 15 is 0 Å². The lowest BCUT2D eigenvalue weighted by Crippen LogP contribution is -2.34. The van der Waals surface area contributed by atoms with Gasteiger partial charge in [0.15, 0.2) is 0 Å². The lowest BCUT2D eigenvalue weighted by molar-refractivity contribution is -0.120. The van der Waals surface area contributed by atoms with Crippen molar-refractivity contribution in [3.63, 3.8) is 0 Å². The summed E-state index contributed by atoms with van der Waals surface area (Å²) in [7, 11) is 0. The van der Waals surface area contributed by atoms with Crippen molar-refractivity contribution >= 4 is 5.91 Å². The van der Waals surface area contributed by atoms with Gasteiger partial charge in [-0.1, -0.05) is 37.3 Å². The molecule has 0 saturated carbocycles. The fraction of sp³-hybridized carbons (Fsp3) is 0.500. The minimum atomic E-state index is 0.00865. The van der Waals surface area contributed by atoms with Crippen LogP contribution in [0.2, 0.25) is 0 Å². The Morgan fingerprint density at radius 1 is 1.22 bits per heavy atom. The maximum atomic E-state index is 11.5. The Balaban J connectivity index is 2.01. The van der Waals surface area contributed by atoms with Gasteiger partial charge in [0.25, 0.3) is 0 Å². The Bertz CT molecular complexity index is 328. The van der Waals surface area contributed by atoms with Crippen molar-refractivity contribution in [3.05, 3.63) is 35.9 Å². The third-order valence-electron chi connectivity index (χ3n) is 2.39. The fourth-order valence-electron chi connectivity index (χ4n) is 1.45. The van der Waals surface area contributed by atoms with Crippen LogP contribution in [-0.2, 0) is 16.1 Å². The van der Waals surface area contributed by atoms with Crippen molar-refractivity contribution in [1.29, 1.82) is 0 Å². The number of rotatable bonds is 9. The molecule has 0 saturated heterocycles. The first kappa shape index (κ1) is 14.7. The second-order valence-electron chi connectivity index (χ2n) is 4.05. The number of nitrogens with one attached hydrogen (secondary N) is 2. The first-order chi connectivity index (χ1) is 8.83. The van der Waals surface area contributed by atoms with Crippen LogP contribution in [0, 0.1) is 0 Å². The number of carbonyl (C=O) groups is 1. The van der Waals surface area contributed by atoms with Crippen LogP contribution in [-0.4, -0.2) is 32.2 Å². The van der Waals surface area contributed by atoms with E-state index in [-0.39, 0.29) is 5.91 Å². The Morgan fingerprint density at radius 2 is 2.00 bits per heavy atom. The van der Waals surface area contributed by atoms with Crippen molar-refractivity contribution < 1.29 is 9.53 Å². The van der Waals surface area contributed by atoms with Gasteiger partial charge in [0, 0.05) is 19.7 Å². The maximum Gasteiger partial charge on any atom is 0.234 e. The summed E-state index contributed by atoms with van der Waals surface area (Å²) in [5, 5.41) is 5.90. The highest BCUT2D eigenvalue weighted by Crippen LogP contribution is 1.96. The number of amides is 1. The van der Waals surface area contributed by atoms with E-state index in [4.69, 9.17) is 4.74 Å². The molecule has 1 amide bonds. The predicted molar refractivity (Wildman–Crippen MR) is 72.3 cm³/mol. The molecule has 4 heteroatoms. The smallest absolute Gasteiger partial charge is 0.234 e. The van der Waals surface area contributed by atoms with Crippen molar-refractivity contribution in [3.8, 4) is 0 Å². The maximum absolute atomic E-state index is 11.5. The predicted octanol–water partition coefficient (Wildman–Crippen LogP) is 1.32. The van der Waals surface area contributed by atoms with Crippen LogP contribution < -0.4 is 10.6 Å². The summed E-state index contributed by atoms with van der Waals surface area (Å²) >= 11 is 0. The summed E-state index contributed by atoms with van der Waals surface area (Å²) < 4.78 is 5.30. The molecule has 0 spiro atoms. The molecule has 0 heterocycles. The van der Waals surface area contributed by atoms with E-state index in [0.29, 0.717) is 26.2 Å². The monoisotopic (exact) mass is 250 g/mol. The molecule has 18 heavy (non-hydrogen) atoms. The number of benzene rings is 1. The molecule has 2 N–H and O–H groups in total. The zero-order chi connectivity index (χ0) is 13.1. The molecule has 0 aliphatic heterocycles. The molecule has 0 radical (unpaired) electrons. The van der Waals surface area contributed by atoms with Gasteiger partial charge in [-0.05, 0) is 12.0 Å². The van der Waals surface area contributed by atoms with Gasteiger partial charge >= 0.3 is 0 Å². The Morgan fingerprint density at radius 3 is 2.72 bits per heavy atom. The van der Waals surface area contributed by atoms with Crippen LogP contribution in [0.1, 0.15) is 18.9 Å². The van der Waals surface area contributed by atoms with Gasteiger partial charge in [0.1, 0.15) is 0 Å². The van der Waals surface area contributed by atoms with Crippen molar-refractivity contribution in [2.45, 2.75) is 19.9 Å². The van der Waals surface area contributed by atoms with Crippen molar-refractivity contribution in [2.75, 3.05) is 26.3 Å². The topological polar surface area (TPSA) is 50.4 Å². The molecule has 0 bridgehead atoms. The van der Waals surface area contributed by atoms with Gasteiger partial charge in [-0.3, -0.25) is 4.79 Å². The Labute approximate surface area is 109 Å². The van der Waals surface area contributed by atoms with Gasteiger partial charge in [-0.15, -0.1) is 0 Å². The third kappa shape index (κ3) is 7.04. The van der Waals surface area contributed by atoms with Gasteiger partial charge in [0.05, 0.1) is 13.2 Å². The van der Waals surface area contributed by atoms with E-state index in [0.717, 1.165) is 18.6 Å². The standard InChI is InChI=1S/C14H22N2O2/c1-2-9-18-10-8-15-12-14(17)16-11-13-6-4-3-5-7-13/h3-7,15H,2,8-12H2,1H3,(H,16,17). The lowest BCUT2D eigenvalue weighted by atomic mass is 10.2. The largest absolute Gasteiger partial charge is 0.380 e. The van der Waals surface area contributed by atoms with E-state index in [1.807, 2.05) is 30.3 Å². The lowest BCUT2D eigenvalue weighted by Gasteiger charge is -2.07. The molecule has 100 valence electrons. The summed E-state index contributed by atoms with van der Waals surface area (Å²) in [5.74, 6) is 0.00865. The van der Waals surface area contributed by atoms with E-state index in [2.05, 4.69) is 17.6 Å². The van der Waals surface area contributed by atoms with Gasteiger partial charge in [-0.2, -0.15) is 0 Å². The first-order valence-corrected chi connectivity index (χ1v) is 6.42. The Hall–Kier alpha value is -1.39. The van der Waals surface area contributed by atoms with Crippen LogP contribution in [0.25, 0.3) is 0 Å². The molecule has 0 aliphatic rings. The average Bonchev–Trinajstić information content (AvgIpc) is 2.41. The minimum absolute atomic E-state index is 0.00865. The molecule has 0 unspecified atom stereocenters. The van der Waals surface area contributed by atoms with E-state index in [1.54, 1.807) is 0 Å². The van der Waals surface area contributed by atoms with Crippen LogP contribution in [0.15, 0.2) is 30.3 Å². The number of carbonyl (C=O) groups excluding carboxylic acids is 1. The number of ether oxygens (including phenoxy) is 1. The van der Waals surface area contributed by atoms with Gasteiger partial charge in [0.2, 0.25) is 5.91 Å². The van der Waals surface area contributed by atoms with Crippen LogP contribution >= 0.6 is 0 Å². The molecule has 0 aromatic heterocycles. The second-order valence-corrected chi connectivity index (χ2v) is 4.05. The van der Waals surface area contributed by atoms with E-state index in [1.165, 1.54) is 0 Å². The molecule has 0 fully saturated rings. The molecule has 1 rings (SSSR count). The molecular weight excluding hydrogens is 228 g/mol. The SMILES string of the molecule is CCCOCCNCC(=O)NCc1ccccc1. The first-order valence-electron chi connectivity index (χ1n) is 6.42. The third-order valence-corrected chi connectivity index (χ3v) is 2.39. The van der Waals surface area contributed by atoms with E-state index in [9.17, 15) is 4.79 Å². The average molecular weight is 250 g/mol. The molecule has 1 aromatic carbocycles. The Kier molecular flexibility index (Phi) is 7.84. The van der Waals surface area contributed by atoms with E-state index < -0.39 is 0 Å². The highest BCUT2D eigenvalue weighted by Gasteiger charge is 1.99. The molecule has 1 aromatic rings. The quantitative estimate of drug-likeness (QED) is 0.650. The zero-order valence-electron chi connectivity index (χ0n) is 10.9. The highest BCUT2D eigenvalue weighted by atomic mass is 16.5. The van der Waals surface area contributed by atoms with Crippen molar-refractivity contribution in [1.82, 2.24) is 10.6 Å². The summed E-state index contributed by atoms with van der Waals surface area (Å²) in [4.78, 5) is 11.5. The summed E-state index contributed by atoms with van der Waals surface area (Å²) in [6.07, 6.45) is 1.03. The van der Waals surface area contributed by atoms with Gasteiger partial charge in [-0.25, -0.2) is 0 Å². The second kappa shape index (κ2) is 9.62. The zero-order valence-corrected chi connectivity index (χ0v) is 10.9. The van der Waals surface area contributed by atoms with Gasteiger partial charge < -0.3 is 15.4 Å². The highest BCUT2D eigenvalue weighted by molar-refractivity contribution is 5.77. The molecule has 0 aliphatic carbocycles. The molecule has 0 atom stereocenters. The molecular formula is C14H22N2O2. The number of hydrogen-bond acceptors (Lipinski definition) is 3.